The Morgan fingerprint density at radius 1 is 1.50 bits per heavy atom. The van der Waals surface area contributed by atoms with Crippen LogP contribution in [-0.2, 0) is 4.79 Å². The van der Waals surface area contributed by atoms with Gasteiger partial charge >= 0.3 is 0 Å². The van der Waals surface area contributed by atoms with E-state index < -0.39 is 0 Å². The molecule has 4 nitrogen and oxygen atoms in total. The molecule has 1 heterocycles. The van der Waals surface area contributed by atoms with Crippen LogP contribution in [0.4, 0.5) is 5.69 Å². The SMILES string of the molecule is COc1cccc(C2CCCNC2)c1NC(C)=O. The molecule has 1 fully saturated rings. The Balaban J connectivity index is 2.34. The second kappa shape index (κ2) is 5.87. The van der Waals surface area contributed by atoms with E-state index in [0.717, 1.165) is 36.5 Å². The summed E-state index contributed by atoms with van der Waals surface area (Å²) in [5.74, 6) is 1.11. The number of anilines is 1. The summed E-state index contributed by atoms with van der Waals surface area (Å²) in [6, 6.07) is 5.94. The maximum absolute atomic E-state index is 11.3. The lowest BCUT2D eigenvalue weighted by Gasteiger charge is -2.26. The Hall–Kier alpha value is -1.55. The zero-order chi connectivity index (χ0) is 13.0. The summed E-state index contributed by atoms with van der Waals surface area (Å²) in [6.07, 6.45) is 2.31. The Bertz CT molecular complexity index is 426. The number of amides is 1. The Morgan fingerprint density at radius 3 is 2.94 bits per heavy atom. The average Bonchev–Trinajstić information content (AvgIpc) is 2.39. The van der Waals surface area contributed by atoms with Crippen molar-refractivity contribution in [2.24, 2.45) is 0 Å². The summed E-state index contributed by atoms with van der Waals surface area (Å²) >= 11 is 0. The quantitative estimate of drug-likeness (QED) is 0.861. The van der Waals surface area contributed by atoms with Crippen LogP contribution in [0.15, 0.2) is 18.2 Å². The fourth-order valence-electron chi connectivity index (χ4n) is 2.49. The predicted molar refractivity (Wildman–Crippen MR) is 72.1 cm³/mol. The molecule has 0 spiro atoms. The van der Waals surface area contributed by atoms with E-state index >= 15 is 0 Å². The third-order valence-corrected chi connectivity index (χ3v) is 3.32. The van der Waals surface area contributed by atoms with E-state index in [1.165, 1.54) is 13.3 Å². The number of carbonyl (C=O) groups excluding carboxylic acids is 1. The third-order valence-electron chi connectivity index (χ3n) is 3.32. The van der Waals surface area contributed by atoms with Crippen molar-refractivity contribution in [3.8, 4) is 5.75 Å². The highest BCUT2D eigenvalue weighted by Crippen LogP contribution is 2.35. The number of carbonyl (C=O) groups is 1. The van der Waals surface area contributed by atoms with E-state index in [1.807, 2.05) is 12.1 Å². The first-order valence-electron chi connectivity index (χ1n) is 6.37. The molecule has 0 bridgehead atoms. The molecular weight excluding hydrogens is 228 g/mol. The molecule has 1 aromatic carbocycles. The summed E-state index contributed by atoms with van der Waals surface area (Å²) < 4.78 is 5.34. The van der Waals surface area contributed by atoms with Gasteiger partial charge in [0, 0.05) is 13.5 Å². The van der Waals surface area contributed by atoms with E-state index in [-0.39, 0.29) is 5.91 Å². The number of nitrogens with one attached hydrogen (secondary N) is 2. The van der Waals surface area contributed by atoms with Crippen molar-refractivity contribution in [1.82, 2.24) is 5.32 Å². The van der Waals surface area contributed by atoms with Gasteiger partial charge in [0.15, 0.2) is 0 Å². The first-order valence-corrected chi connectivity index (χ1v) is 6.37. The van der Waals surface area contributed by atoms with E-state index in [9.17, 15) is 4.79 Å². The number of methoxy groups -OCH3 is 1. The normalized spacial score (nSPS) is 19.3. The molecule has 1 aliphatic heterocycles. The molecule has 1 amide bonds. The second-order valence-corrected chi connectivity index (χ2v) is 4.65. The van der Waals surface area contributed by atoms with E-state index in [0.29, 0.717) is 5.92 Å². The van der Waals surface area contributed by atoms with Crippen LogP contribution in [0.2, 0.25) is 0 Å². The molecule has 2 rings (SSSR count). The van der Waals surface area contributed by atoms with Gasteiger partial charge in [0.25, 0.3) is 0 Å². The topological polar surface area (TPSA) is 50.4 Å². The summed E-state index contributed by atoms with van der Waals surface area (Å²) in [7, 11) is 1.63. The van der Waals surface area contributed by atoms with Crippen LogP contribution in [0.3, 0.4) is 0 Å². The van der Waals surface area contributed by atoms with Crippen LogP contribution in [0.25, 0.3) is 0 Å². The van der Waals surface area contributed by atoms with Crippen LogP contribution in [0.5, 0.6) is 5.75 Å². The number of hydrogen-bond donors (Lipinski definition) is 2. The van der Waals surface area contributed by atoms with Crippen molar-refractivity contribution < 1.29 is 9.53 Å². The molecule has 1 saturated heterocycles. The number of hydrogen-bond acceptors (Lipinski definition) is 3. The average molecular weight is 248 g/mol. The molecule has 0 aliphatic carbocycles. The number of ether oxygens (including phenoxy) is 1. The van der Waals surface area contributed by atoms with Gasteiger partial charge in [-0.15, -0.1) is 0 Å². The number of para-hydroxylation sites is 1. The highest BCUT2D eigenvalue weighted by atomic mass is 16.5. The van der Waals surface area contributed by atoms with Gasteiger partial charge in [-0.25, -0.2) is 0 Å². The molecule has 1 atom stereocenters. The molecule has 1 unspecified atom stereocenters. The van der Waals surface area contributed by atoms with E-state index in [4.69, 9.17) is 4.74 Å². The summed E-state index contributed by atoms with van der Waals surface area (Å²) in [5.41, 5.74) is 1.98. The summed E-state index contributed by atoms with van der Waals surface area (Å²) in [4.78, 5) is 11.3. The van der Waals surface area contributed by atoms with Gasteiger partial charge in [-0.2, -0.15) is 0 Å². The van der Waals surface area contributed by atoms with Gasteiger partial charge < -0.3 is 15.4 Å². The zero-order valence-electron chi connectivity index (χ0n) is 11.0. The maximum Gasteiger partial charge on any atom is 0.221 e. The van der Waals surface area contributed by atoms with Crippen LogP contribution in [-0.4, -0.2) is 26.1 Å². The minimum Gasteiger partial charge on any atom is -0.495 e. The van der Waals surface area contributed by atoms with E-state index in [2.05, 4.69) is 16.7 Å². The lowest BCUT2D eigenvalue weighted by Crippen LogP contribution is -2.29. The Kier molecular flexibility index (Phi) is 4.20. The highest BCUT2D eigenvalue weighted by Gasteiger charge is 2.20. The highest BCUT2D eigenvalue weighted by molar-refractivity contribution is 5.91. The molecule has 2 N–H and O–H groups in total. The number of rotatable bonds is 3. The molecule has 1 aromatic rings. The van der Waals surface area contributed by atoms with Crippen molar-refractivity contribution in [3.63, 3.8) is 0 Å². The molecule has 1 aliphatic rings. The minimum atomic E-state index is -0.0653. The van der Waals surface area contributed by atoms with Crippen LogP contribution in [0, 0.1) is 0 Å². The first-order chi connectivity index (χ1) is 8.72. The van der Waals surface area contributed by atoms with Crippen LogP contribution >= 0.6 is 0 Å². The monoisotopic (exact) mass is 248 g/mol. The van der Waals surface area contributed by atoms with Gasteiger partial charge in [-0.05, 0) is 36.9 Å². The molecule has 4 heteroatoms. The fourth-order valence-corrected chi connectivity index (χ4v) is 2.49. The van der Waals surface area contributed by atoms with Gasteiger partial charge in [-0.3, -0.25) is 4.79 Å². The van der Waals surface area contributed by atoms with Gasteiger partial charge in [-0.1, -0.05) is 12.1 Å². The van der Waals surface area contributed by atoms with Gasteiger partial charge in [0.2, 0.25) is 5.91 Å². The van der Waals surface area contributed by atoms with Gasteiger partial charge in [0.05, 0.1) is 12.8 Å². The summed E-state index contributed by atoms with van der Waals surface area (Å²) in [6.45, 7) is 3.56. The molecule has 98 valence electrons. The molecule has 18 heavy (non-hydrogen) atoms. The lowest BCUT2D eigenvalue weighted by molar-refractivity contribution is -0.114. The maximum atomic E-state index is 11.3. The zero-order valence-corrected chi connectivity index (χ0v) is 11.0. The molecular formula is C14H20N2O2. The van der Waals surface area contributed by atoms with Crippen molar-refractivity contribution in [2.45, 2.75) is 25.7 Å². The minimum absolute atomic E-state index is 0.0653. The van der Waals surface area contributed by atoms with Crippen molar-refractivity contribution in [2.75, 3.05) is 25.5 Å². The summed E-state index contributed by atoms with van der Waals surface area (Å²) in [5, 5.41) is 6.30. The fraction of sp³-hybridized carbons (Fsp3) is 0.500. The van der Waals surface area contributed by atoms with Gasteiger partial charge in [0.1, 0.15) is 5.75 Å². The van der Waals surface area contributed by atoms with E-state index in [1.54, 1.807) is 7.11 Å². The van der Waals surface area contributed by atoms with Crippen LogP contribution in [0.1, 0.15) is 31.2 Å². The van der Waals surface area contributed by atoms with Crippen LogP contribution < -0.4 is 15.4 Å². The third kappa shape index (κ3) is 2.82. The Labute approximate surface area is 108 Å². The first kappa shape index (κ1) is 12.9. The smallest absolute Gasteiger partial charge is 0.221 e. The largest absolute Gasteiger partial charge is 0.495 e. The molecule has 0 aromatic heterocycles. The predicted octanol–water partition coefficient (Wildman–Crippen LogP) is 2.12. The van der Waals surface area contributed by atoms with Crippen molar-refractivity contribution in [3.05, 3.63) is 23.8 Å². The van der Waals surface area contributed by atoms with Crippen molar-refractivity contribution >= 4 is 11.6 Å². The Morgan fingerprint density at radius 2 is 2.33 bits per heavy atom. The molecule has 0 radical (unpaired) electrons. The number of benzene rings is 1. The van der Waals surface area contributed by atoms with Crippen molar-refractivity contribution in [1.29, 1.82) is 0 Å². The molecule has 0 saturated carbocycles. The number of piperidine rings is 1. The second-order valence-electron chi connectivity index (χ2n) is 4.65. The standard InChI is InChI=1S/C14H20N2O2/c1-10(17)16-14-12(6-3-7-13(14)18-2)11-5-4-8-15-9-11/h3,6-7,11,15H,4-5,8-9H2,1-2H3,(H,16,17). The lowest BCUT2D eigenvalue weighted by atomic mass is 9.90.